The molecule has 2 rings (SSSR count). The van der Waals surface area contributed by atoms with Crippen LogP contribution in [0.3, 0.4) is 0 Å². The van der Waals surface area contributed by atoms with Crippen molar-refractivity contribution >= 4 is 29.4 Å². The average Bonchev–Trinajstić information content (AvgIpc) is 2.47. The van der Waals surface area contributed by atoms with Crippen molar-refractivity contribution in [2.45, 2.75) is 9.79 Å². The molecule has 0 spiro atoms. The summed E-state index contributed by atoms with van der Waals surface area (Å²) in [5.41, 5.74) is -0.172. The Morgan fingerprint density at radius 1 is 0.952 bits per heavy atom. The Labute approximate surface area is 122 Å². The molecule has 0 aliphatic heterocycles. The van der Waals surface area contributed by atoms with E-state index in [1.54, 1.807) is 18.2 Å². The number of nitrogens with zero attached hydrogens (tertiary/aromatic N) is 2. The van der Waals surface area contributed by atoms with Gasteiger partial charge in [-0.15, -0.1) is 0 Å². The monoisotopic (exact) mass is 304 g/mol. The summed E-state index contributed by atoms with van der Waals surface area (Å²) in [6, 6.07) is 9.89. The highest BCUT2D eigenvalue weighted by Gasteiger charge is 2.17. The van der Waals surface area contributed by atoms with Gasteiger partial charge in [-0.1, -0.05) is 23.9 Å². The molecule has 2 aromatic rings. The minimum atomic E-state index is -0.605. The second kappa shape index (κ2) is 6.14. The van der Waals surface area contributed by atoms with Gasteiger partial charge in [0.15, 0.2) is 6.29 Å². The van der Waals surface area contributed by atoms with Crippen LogP contribution in [0.15, 0.2) is 52.3 Å². The second-order valence-corrected chi connectivity index (χ2v) is 5.01. The molecule has 0 aromatic heterocycles. The van der Waals surface area contributed by atoms with E-state index in [4.69, 9.17) is 0 Å². The third-order valence-electron chi connectivity index (χ3n) is 2.61. The molecular weight excluding hydrogens is 296 g/mol. The van der Waals surface area contributed by atoms with Gasteiger partial charge in [0.25, 0.3) is 11.4 Å². The molecule has 0 aliphatic carbocycles. The molecule has 7 nitrogen and oxygen atoms in total. The predicted octanol–water partition coefficient (Wildman–Crippen LogP) is 3.47. The first-order valence-electron chi connectivity index (χ1n) is 5.68. The first-order chi connectivity index (χ1) is 10.0. The number of rotatable bonds is 5. The Morgan fingerprint density at radius 2 is 1.67 bits per heavy atom. The minimum Gasteiger partial charge on any atom is -0.298 e. The van der Waals surface area contributed by atoms with Crippen LogP contribution in [0.1, 0.15) is 10.4 Å². The number of aldehydes is 1. The zero-order valence-electron chi connectivity index (χ0n) is 10.5. The van der Waals surface area contributed by atoms with E-state index in [2.05, 4.69) is 0 Å². The Balaban J connectivity index is 2.43. The molecule has 0 aliphatic rings. The van der Waals surface area contributed by atoms with E-state index in [0.717, 1.165) is 17.8 Å². The van der Waals surface area contributed by atoms with E-state index in [9.17, 15) is 25.0 Å². The molecule has 0 heterocycles. The molecule has 8 heteroatoms. The number of nitro groups is 2. The molecule has 2 aromatic carbocycles. The van der Waals surface area contributed by atoms with Crippen LogP contribution >= 0.6 is 11.8 Å². The fraction of sp³-hybridized carbons (Fsp3) is 0. The van der Waals surface area contributed by atoms with E-state index >= 15 is 0 Å². The Hall–Kier alpha value is -2.74. The molecular formula is C13H8N2O5S. The molecule has 0 atom stereocenters. The van der Waals surface area contributed by atoms with Crippen LogP contribution in [0.2, 0.25) is 0 Å². The van der Waals surface area contributed by atoms with Crippen LogP contribution in [0.25, 0.3) is 0 Å². The highest BCUT2D eigenvalue weighted by molar-refractivity contribution is 7.99. The molecule has 0 saturated heterocycles. The van der Waals surface area contributed by atoms with Crippen molar-refractivity contribution < 1.29 is 14.6 Å². The number of nitro benzene ring substituents is 2. The lowest BCUT2D eigenvalue weighted by atomic mass is 10.2. The van der Waals surface area contributed by atoms with Gasteiger partial charge in [0.05, 0.1) is 14.7 Å². The van der Waals surface area contributed by atoms with E-state index in [-0.39, 0.29) is 16.9 Å². The SMILES string of the molecule is O=Cc1cc([N+](=O)[O-])ccc1Sc1ccccc1[N+](=O)[O-]. The van der Waals surface area contributed by atoms with Crippen molar-refractivity contribution in [1.29, 1.82) is 0 Å². The summed E-state index contributed by atoms with van der Waals surface area (Å²) < 4.78 is 0. The molecule has 0 saturated carbocycles. The lowest BCUT2D eigenvalue weighted by Gasteiger charge is -2.05. The van der Waals surface area contributed by atoms with E-state index in [1.165, 1.54) is 18.2 Å². The number of carbonyl (C=O) groups is 1. The third-order valence-corrected chi connectivity index (χ3v) is 3.77. The molecule has 0 radical (unpaired) electrons. The van der Waals surface area contributed by atoms with Crippen LogP contribution in [0, 0.1) is 20.2 Å². The summed E-state index contributed by atoms with van der Waals surface area (Å²) >= 11 is 1.02. The maximum Gasteiger partial charge on any atom is 0.283 e. The van der Waals surface area contributed by atoms with Gasteiger partial charge in [0.1, 0.15) is 0 Å². The lowest BCUT2D eigenvalue weighted by molar-refractivity contribution is -0.387. The largest absolute Gasteiger partial charge is 0.298 e. The average molecular weight is 304 g/mol. The van der Waals surface area contributed by atoms with Crippen molar-refractivity contribution in [3.8, 4) is 0 Å². The smallest absolute Gasteiger partial charge is 0.283 e. The van der Waals surface area contributed by atoms with Gasteiger partial charge in [-0.2, -0.15) is 0 Å². The standard InChI is InChI=1S/C13H8N2O5S/c16-8-9-7-10(14(17)18)5-6-12(9)21-13-4-2-1-3-11(13)15(19)20/h1-8H. The van der Waals surface area contributed by atoms with Gasteiger partial charge >= 0.3 is 0 Å². The summed E-state index contributed by atoms with van der Waals surface area (Å²) in [5.74, 6) is 0. The fourth-order valence-corrected chi connectivity index (χ4v) is 2.64. The van der Waals surface area contributed by atoms with Crippen LogP contribution in [0.4, 0.5) is 11.4 Å². The minimum absolute atomic E-state index is 0.0855. The molecule has 106 valence electrons. The molecule has 0 amide bonds. The van der Waals surface area contributed by atoms with Crippen molar-refractivity contribution in [3.63, 3.8) is 0 Å². The second-order valence-electron chi connectivity index (χ2n) is 3.92. The predicted molar refractivity (Wildman–Crippen MR) is 75.7 cm³/mol. The van der Waals surface area contributed by atoms with Gasteiger partial charge in [0.2, 0.25) is 0 Å². The number of benzene rings is 2. The van der Waals surface area contributed by atoms with E-state index in [1.807, 2.05) is 0 Å². The molecule has 0 fully saturated rings. The van der Waals surface area contributed by atoms with Gasteiger partial charge in [-0.05, 0) is 12.1 Å². The van der Waals surface area contributed by atoms with Crippen LogP contribution < -0.4 is 0 Å². The summed E-state index contributed by atoms with van der Waals surface area (Å²) in [7, 11) is 0. The maximum absolute atomic E-state index is 11.0. The van der Waals surface area contributed by atoms with Crippen LogP contribution in [-0.2, 0) is 0 Å². The number of non-ortho nitro benzene ring substituents is 1. The normalized spacial score (nSPS) is 10.1. The highest BCUT2D eigenvalue weighted by atomic mass is 32.2. The van der Waals surface area contributed by atoms with E-state index in [0.29, 0.717) is 16.1 Å². The lowest BCUT2D eigenvalue weighted by Crippen LogP contribution is -1.93. The van der Waals surface area contributed by atoms with Crippen LogP contribution in [-0.4, -0.2) is 16.1 Å². The van der Waals surface area contributed by atoms with E-state index < -0.39 is 9.85 Å². The zero-order chi connectivity index (χ0) is 15.4. The maximum atomic E-state index is 11.0. The van der Waals surface area contributed by atoms with Crippen LogP contribution in [0.5, 0.6) is 0 Å². The van der Waals surface area contributed by atoms with Gasteiger partial charge in [-0.3, -0.25) is 25.0 Å². The first-order valence-corrected chi connectivity index (χ1v) is 6.49. The summed E-state index contributed by atoms with van der Waals surface area (Å²) in [6.45, 7) is 0. The highest BCUT2D eigenvalue weighted by Crippen LogP contribution is 2.36. The summed E-state index contributed by atoms with van der Waals surface area (Å²) in [6.07, 6.45) is 0.490. The summed E-state index contributed by atoms with van der Waals surface area (Å²) in [5, 5.41) is 21.6. The molecule has 0 N–H and O–H groups in total. The van der Waals surface area contributed by atoms with Gasteiger partial charge in [-0.25, -0.2) is 0 Å². The quantitative estimate of drug-likeness (QED) is 0.476. The summed E-state index contributed by atoms with van der Waals surface area (Å²) in [4.78, 5) is 32.3. The number of carbonyl (C=O) groups excluding carboxylic acids is 1. The Morgan fingerprint density at radius 3 is 2.29 bits per heavy atom. The molecule has 21 heavy (non-hydrogen) atoms. The van der Waals surface area contributed by atoms with Gasteiger partial charge < -0.3 is 0 Å². The van der Waals surface area contributed by atoms with Crippen molar-refractivity contribution in [2.75, 3.05) is 0 Å². The van der Waals surface area contributed by atoms with Gasteiger partial charge in [0, 0.05) is 28.7 Å². The number of para-hydroxylation sites is 1. The number of hydrogen-bond acceptors (Lipinski definition) is 6. The Bertz CT molecular complexity index is 732. The number of hydrogen-bond donors (Lipinski definition) is 0. The first kappa shape index (κ1) is 14.7. The fourth-order valence-electron chi connectivity index (χ4n) is 1.65. The zero-order valence-corrected chi connectivity index (χ0v) is 11.3. The Kier molecular flexibility index (Phi) is 4.29. The molecule has 0 bridgehead atoms. The molecule has 0 unspecified atom stereocenters. The van der Waals surface area contributed by atoms with Crippen molar-refractivity contribution in [2.24, 2.45) is 0 Å². The topological polar surface area (TPSA) is 103 Å². The van der Waals surface area contributed by atoms with Crippen molar-refractivity contribution in [1.82, 2.24) is 0 Å². The third kappa shape index (κ3) is 3.23. The van der Waals surface area contributed by atoms with Crippen molar-refractivity contribution in [3.05, 3.63) is 68.3 Å².